The molecule has 3 aromatic carbocycles. The fourth-order valence-electron chi connectivity index (χ4n) is 3.27. The Morgan fingerprint density at radius 2 is 1.71 bits per heavy atom. The molecule has 0 aliphatic rings. The molecule has 0 spiro atoms. The van der Waals surface area contributed by atoms with Gasteiger partial charge < -0.3 is 14.8 Å². The van der Waals surface area contributed by atoms with E-state index in [0.717, 1.165) is 4.31 Å². The van der Waals surface area contributed by atoms with Crippen molar-refractivity contribution < 1.29 is 22.7 Å². The van der Waals surface area contributed by atoms with E-state index in [2.05, 4.69) is 5.32 Å². The number of ether oxygens (including phenoxy) is 2. The Labute approximate surface area is 205 Å². The van der Waals surface area contributed by atoms with Gasteiger partial charge >= 0.3 is 0 Å². The Hall–Kier alpha value is -3.07. The molecule has 34 heavy (non-hydrogen) atoms. The van der Waals surface area contributed by atoms with Gasteiger partial charge in [0.25, 0.3) is 0 Å². The number of para-hydroxylation sites is 1. The first-order chi connectivity index (χ1) is 16.2. The highest BCUT2D eigenvalue weighted by molar-refractivity contribution is 7.89. The number of carbonyl (C=O) groups excluding carboxylic acids is 1. The zero-order valence-electron chi connectivity index (χ0n) is 19.2. The van der Waals surface area contributed by atoms with Crippen molar-refractivity contribution in [2.45, 2.75) is 25.7 Å². The van der Waals surface area contributed by atoms with E-state index in [0.29, 0.717) is 40.1 Å². The van der Waals surface area contributed by atoms with Gasteiger partial charge in [-0.2, -0.15) is 4.31 Å². The van der Waals surface area contributed by atoms with Crippen LogP contribution in [0.15, 0.2) is 71.6 Å². The third kappa shape index (κ3) is 6.28. The summed E-state index contributed by atoms with van der Waals surface area (Å²) in [6, 6.07) is 18.6. The molecule has 0 atom stereocenters. The van der Waals surface area contributed by atoms with E-state index in [1.165, 1.54) is 6.07 Å². The lowest BCUT2D eigenvalue weighted by Crippen LogP contribution is -2.37. The second-order valence-corrected chi connectivity index (χ2v) is 9.77. The summed E-state index contributed by atoms with van der Waals surface area (Å²) in [5, 5.41) is 3.13. The molecule has 7 nitrogen and oxygen atoms in total. The molecule has 180 valence electrons. The number of benzene rings is 3. The third-order valence-corrected chi connectivity index (χ3v) is 7.10. The summed E-state index contributed by atoms with van der Waals surface area (Å²) in [7, 11) is -3.90. The summed E-state index contributed by atoms with van der Waals surface area (Å²) in [6.07, 6.45) is 0. The molecule has 0 unspecified atom stereocenters. The van der Waals surface area contributed by atoms with Crippen molar-refractivity contribution >= 4 is 33.2 Å². The number of hydrogen-bond donors (Lipinski definition) is 1. The highest BCUT2D eigenvalue weighted by Gasteiger charge is 2.26. The van der Waals surface area contributed by atoms with Crippen LogP contribution in [0.5, 0.6) is 17.2 Å². The van der Waals surface area contributed by atoms with Crippen molar-refractivity contribution in [3.05, 3.63) is 77.3 Å². The van der Waals surface area contributed by atoms with Crippen molar-refractivity contribution in [3.63, 3.8) is 0 Å². The van der Waals surface area contributed by atoms with Crippen LogP contribution in [0, 0.1) is 6.92 Å². The van der Waals surface area contributed by atoms with Crippen LogP contribution in [0.4, 0.5) is 5.69 Å². The van der Waals surface area contributed by atoms with Gasteiger partial charge in [0.05, 0.1) is 23.7 Å². The molecule has 3 aromatic rings. The topological polar surface area (TPSA) is 84.9 Å². The minimum atomic E-state index is -3.90. The van der Waals surface area contributed by atoms with Crippen LogP contribution in [-0.2, 0) is 14.8 Å². The number of nitrogens with one attached hydrogen (secondary N) is 1. The Kier molecular flexibility index (Phi) is 8.55. The summed E-state index contributed by atoms with van der Waals surface area (Å²) in [4.78, 5) is 12.9. The first-order valence-corrected chi connectivity index (χ1v) is 12.6. The lowest BCUT2D eigenvalue weighted by atomic mass is 10.2. The molecule has 0 aliphatic carbocycles. The molecular weight excluding hydrogens is 476 g/mol. The van der Waals surface area contributed by atoms with Gasteiger partial charge in [0.15, 0.2) is 5.75 Å². The lowest BCUT2D eigenvalue weighted by molar-refractivity contribution is -0.116. The van der Waals surface area contributed by atoms with Gasteiger partial charge in [-0.05, 0) is 67.9 Å². The van der Waals surface area contributed by atoms with E-state index >= 15 is 0 Å². The van der Waals surface area contributed by atoms with Crippen LogP contribution in [0.3, 0.4) is 0 Å². The maximum atomic E-state index is 13.2. The van der Waals surface area contributed by atoms with Gasteiger partial charge in [-0.1, -0.05) is 36.7 Å². The molecule has 0 fully saturated rings. The zero-order chi connectivity index (χ0) is 24.7. The Morgan fingerprint density at radius 3 is 2.35 bits per heavy atom. The minimum Gasteiger partial charge on any atom is -0.494 e. The standard InChI is InChI=1S/C25H27ClN2O5S/c1-4-28(34(30,31)21-12-14-23(32-5-2)18(3)15-21)17-25(29)27-22-16-19(26)11-13-24(22)33-20-9-7-6-8-10-20/h6-16H,4-5,17H2,1-3H3,(H,27,29). The second-order valence-electron chi connectivity index (χ2n) is 7.40. The number of hydrogen-bond acceptors (Lipinski definition) is 5. The number of halogens is 1. The van der Waals surface area contributed by atoms with Crippen molar-refractivity contribution in [1.82, 2.24) is 4.31 Å². The summed E-state index contributed by atoms with van der Waals surface area (Å²) >= 11 is 6.12. The number of aryl methyl sites for hydroxylation is 1. The minimum absolute atomic E-state index is 0.0963. The van der Waals surface area contributed by atoms with Crippen LogP contribution >= 0.6 is 11.6 Å². The van der Waals surface area contributed by atoms with Gasteiger partial charge in [0.2, 0.25) is 15.9 Å². The summed E-state index contributed by atoms with van der Waals surface area (Å²) in [5.41, 5.74) is 1.04. The predicted octanol–water partition coefficient (Wildman–Crippen LogP) is 5.49. The first kappa shape index (κ1) is 25.6. The molecule has 0 saturated carbocycles. The van der Waals surface area contributed by atoms with Gasteiger partial charge in [-0.25, -0.2) is 8.42 Å². The van der Waals surface area contributed by atoms with Crippen LogP contribution in [0.1, 0.15) is 19.4 Å². The van der Waals surface area contributed by atoms with Crippen LogP contribution < -0.4 is 14.8 Å². The second kappa shape index (κ2) is 11.4. The smallest absolute Gasteiger partial charge is 0.243 e. The predicted molar refractivity (Wildman–Crippen MR) is 133 cm³/mol. The van der Waals surface area contributed by atoms with Gasteiger partial charge in [-0.15, -0.1) is 0 Å². The van der Waals surface area contributed by atoms with Gasteiger partial charge in [0, 0.05) is 11.6 Å². The first-order valence-electron chi connectivity index (χ1n) is 10.8. The fourth-order valence-corrected chi connectivity index (χ4v) is 4.93. The van der Waals surface area contributed by atoms with Crippen LogP contribution in [0.2, 0.25) is 5.02 Å². The molecule has 0 saturated heterocycles. The largest absolute Gasteiger partial charge is 0.494 e. The highest BCUT2D eigenvalue weighted by atomic mass is 35.5. The number of sulfonamides is 1. The van der Waals surface area contributed by atoms with E-state index in [4.69, 9.17) is 21.1 Å². The fraction of sp³-hybridized carbons (Fsp3) is 0.240. The number of anilines is 1. The molecule has 0 radical (unpaired) electrons. The van der Waals surface area contributed by atoms with Crippen molar-refractivity contribution in [2.24, 2.45) is 0 Å². The SMILES string of the molecule is CCOc1ccc(S(=O)(=O)N(CC)CC(=O)Nc2cc(Cl)ccc2Oc2ccccc2)cc1C. The average molecular weight is 503 g/mol. The summed E-state index contributed by atoms with van der Waals surface area (Å²) in [6.45, 7) is 5.54. The van der Waals surface area contributed by atoms with Gasteiger partial charge in [0.1, 0.15) is 11.5 Å². The van der Waals surface area contributed by atoms with E-state index in [9.17, 15) is 13.2 Å². The van der Waals surface area contributed by atoms with Crippen molar-refractivity contribution in [1.29, 1.82) is 0 Å². The van der Waals surface area contributed by atoms with Crippen molar-refractivity contribution in [3.8, 4) is 17.2 Å². The van der Waals surface area contributed by atoms with Crippen LogP contribution in [0.25, 0.3) is 0 Å². The highest BCUT2D eigenvalue weighted by Crippen LogP contribution is 2.32. The molecule has 0 heterocycles. The maximum Gasteiger partial charge on any atom is 0.243 e. The Morgan fingerprint density at radius 1 is 1.00 bits per heavy atom. The Bertz CT molecular complexity index is 1250. The molecular formula is C25H27ClN2O5S. The van der Waals surface area contributed by atoms with Crippen molar-refractivity contribution in [2.75, 3.05) is 25.0 Å². The number of carbonyl (C=O) groups is 1. The molecule has 3 rings (SSSR count). The molecule has 0 aliphatic heterocycles. The summed E-state index contributed by atoms with van der Waals surface area (Å²) < 4.78 is 38.9. The molecule has 9 heteroatoms. The number of nitrogens with zero attached hydrogens (tertiary/aromatic N) is 1. The van der Waals surface area contributed by atoms with E-state index in [1.807, 2.05) is 25.1 Å². The van der Waals surface area contributed by atoms with Gasteiger partial charge in [-0.3, -0.25) is 4.79 Å². The number of amides is 1. The van der Waals surface area contributed by atoms with E-state index < -0.39 is 15.9 Å². The average Bonchev–Trinajstić information content (AvgIpc) is 2.81. The molecule has 0 bridgehead atoms. The van der Waals surface area contributed by atoms with E-state index in [-0.39, 0.29) is 18.0 Å². The summed E-state index contributed by atoms with van der Waals surface area (Å²) in [5.74, 6) is 1.07. The molecule has 0 aromatic heterocycles. The quantitative estimate of drug-likeness (QED) is 0.396. The monoisotopic (exact) mass is 502 g/mol. The number of likely N-dealkylation sites (N-methyl/N-ethyl adjacent to an activating group) is 1. The van der Waals surface area contributed by atoms with Crippen LogP contribution in [-0.4, -0.2) is 38.3 Å². The Balaban J connectivity index is 1.78. The zero-order valence-corrected chi connectivity index (χ0v) is 20.8. The molecule has 1 N–H and O–H groups in total. The maximum absolute atomic E-state index is 13.2. The van der Waals surface area contributed by atoms with E-state index in [1.54, 1.807) is 56.3 Å². The third-order valence-electron chi connectivity index (χ3n) is 4.94. The normalized spacial score (nSPS) is 11.3. The molecule has 1 amide bonds. The lowest BCUT2D eigenvalue weighted by Gasteiger charge is -2.21. The number of rotatable bonds is 10.